The Balaban J connectivity index is 1.39. The number of carbonyl (C=O) groups excluding carboxylic acids is 1. The van der Waals surface area contributed by atoms with Crippen molar-refractivity contribution in [3.05, 3.63) is 0 Å². The minimum atomic E-state index is 0.138. The van der Waals surface area contributed by atoms with E-state index in [0.29, 0.717) is 11.8 Å². The van der Waals surface area contributed by atoms with Crippen LogP contribution in [0.2, 0.25) is 0 Å². The number of rotatable bonds is 5. The second-order valence-electron chi connectivity index (χ2n) is 10.1. The lowest BCUT2D eigenvalue weighted by molar-refractivity contribution is -0.136. The van der Waals surface area contributed by atoms with Crippen molar-refractivity contribution < 1.29 is 4.79 Å². The van der Waals surface area contributed by atoms with Gasteiger partial charge in [0, 0.05) is 31.6 Å². The highest BCUT2D eigenvalue weighted by atomic mass is 16.2. The summed E-state index contributed by atoms with van der Waals surface area (Å²) < 4.78 is 0. The molecule has 0 aliphatic carbocycles. The number of carbonyl (C=O) groups is 1. The molecule has 1 atom stereocenters. The van der Waals surface area contributed by atoms with Gasteiger partial charge in [0.2, 0.25) is 5.91 Å². The van der Waals surface area contributed by atoms with E-state index in [9.17, 15) is 4.79 Å². The monoisotopic (exact) mass is 377 g/mol. The quantitative estimate of drug-likeness (QED) is 0.731. The molecule has 0 aromatic heterocycles. The number of hydrogen-bond donors (Lipinski definition) is 0. The molecule has 0 spiro atoms. The summed E-state index contributed by atoms with van der Waals surface area (Å²) in [5.74, 6) is 2.97. The van der Waals surface area contributed by atoms with Gasteiger partial charge in [0.05, 0.1) is 0 Å². The number of amides is 1. The molecule has 0 aromatic rings. The molecule has 3 aliphatic heterocycles. The SMILES string of the molecule is CC(C)C(=O)N1CCC[C@@H](CN2CCC(N3CCC(C(C)C)CC3)CC2)C1. The average molecular weight is 378 g/mol. The van der Waals surface area contributed by atoms with Crippen LogP contribution in [0.5, 0.6) is 0 Å². The Kier molecular flexibility index (Phi) is 7.61. The standard InChI is InChI=1S/C23H43N3O/c1-18(2)21-7-14-25(15-8-21)22-9-12-24(13-10-22)16-20-6-5-11-26(17-20)23(27)19(3)4/h18-22H,5-17H2,1-4H3/t20-/m0/s1. The summed E-state index contributed by atoms with van der Waals surface area (Å²) in [4.78, 5) is 19.9. The minimum absolute atomic E-state index is 0.138. The highest BCUT2D eigenvalue weighted by Gasteiger charge is 2.31. The summed E-state index contributed by atoms with van der Waals surface area (Å²) in [7, 11) is 0. The van der Waals surface area contributed by atoms with E-state index in [4.69, 9.17) is 0 Å². The van der Waals surface area contributed by atoms with Crippen LogP contribution in [-0.2, 0) is 4.79 Å². The van der Waals surface area contributed by atoms with Crippen LogP contribution in [0.1, 0.15) is 66.2 Å². The van der Waals surface area contributed by atoms with E-state index in [2.05, 4.69) is 28.5 Å². The van der Waals surface area contributed by atoms with Crippen LogP contribution in [0.25, 0.3) is 0 Å². The molecule has 0 radical (unpaired) electrons. The van der Waals surface area contributed by atoms with Crippen molar-refractivity contribution in [3.63, 3.8) is 0 Å². The van der Waals surface area contributed by atoms with E-state index < -0.39 is 0 Å². The van der Waals surface area contributed by atoms with Crippen LogP contribution in [-0.4, -0.2) is 72.5 Å². The fourth-order valence-electron chi connectivity index (χ4n) is 5.56. The van der Waals surface area contributed by atoms with Crippen molar-refractivity contribution in [2.45, 2.75) is 72.3 Å². The normalized spacial score (nSPS) is 27.6. The molecule has 0 unspecified atom stereocenters. The van der Waals surface area contributed by atoms with Crippen LogP contribution in [0.4, 0.5) is 0 Å². The van der Waals surface area contributed by atoms with E-state index in [0.717, 1.165) is 31.0 Å². The molecule has 0 saturated carbocycles. The molecule has 4 nitrogen and oxygen atoms in total. The molecule has 0 N–H and O–H groups in total. The van der Waals surface area contributed by atoms with E-state index in [-0.39, 0.29) is 5.92 Å². The first-order chi connectivity index (χ1) is 12.9. The molecule has 0 bridgehead atoms. The molecule has 3 heterocycles. The van der Waals surface area contributed by atoms with Gasteiger partial charge < -0.3 is 14.7 Å². The van der Waals surface area contributed by atoms with Gasteiger partial charge in [0.1, 0.15) is 0 Å². The third kappa shape index (κ3) is 5.69. The lowest BCUT2D eigenvalue weighted by atomic mass is 9.85. The highest BCUT2D eigenvalue weighted by Crippen LogP contribution is 2.28. The van der Waals surface area contributed by atoms with E-state index >= 15 is 0 Å². The fourth-order valence-corrected chi connectivity index (χ4v) is 5.56. The van der Waals surface area contributed by atoms with Gasteiger partial charge in [-0.2, -0.15) is 0 Å². The Labute approximate surface area is 167 Å². The topological polar surface area (TPSA) is 26.8 Å². The van der Waals surface area contributed by atoms with Gasteiger partial charge in [-0.05, 0) is 82.5 Å². The summed E-state index contributed by atoms with van der Waals surface area (Å²) >= 11 is 0. The van der Waals surface area contributed by atoms with E-state index in [1.807, 2.05) is 13.8 Å². The maximum atomic E-state index is 12.3. The van der Waals surface area contributed by atoms with Crippen molar-refractivity contribution >= 4 is 5.91 Å². The van der Waals surface area contributed by atoms with Crippen molar-refractivity contribution in [2.75, 3.05) is 45.8 Å². The lowest BCUT2D eigenvalue weighted by Gasteiger charge is -2.43. The van der Waals surface area contributed by atoms with Gasteiger partial charge in [-0.1, -0.05) is 27.7 Å². The maximum Gasteiger partial charge on any atom is 0.225 e. The predicted molar refractivity (Wildman–Crippen MR) is 113 cm³/mol. The second kappa shape index (κ2) is 9.73. The van der Waals surface area contributed by atoms with E-state index in [1.54, 1.807) is 0 Å². The molecule has 0 aromatic carbocycles. The first-order valence-corrected chi connectivity index (χ1v) is 11.7. The number of likely N-dealkylation sites (tertiary alicyclic amines) is 3. The molecular formula is C23H43N3O. The summed E-state index contributed by atoms with van der Waals surface area (Å²) in [5, 5.41) is 0. The molecular weight excluding hydrogens is 334 g/mol. The predicted octanol–water partition coefficient (Wildman–Crippen LogP) is 3.71. The molecule has 4 heteroatoms. The zero-order valence-corrected chi connectivity index (χ0v) is 18.3. The van der Waals surface area contributed by atoms with Gasteiger partial charge in [0.15, 0.2) is 0 Å². The zero-order valence-electron chi connectivity index (χ0n) is 18.3. The maximum absolute atomic E-state index is 12.3. The average Bonchev–Trinajstić information content (AvgIpc) is 2.68. The summed E-state index contributed by atoms with van der Waals surface area (Å²) in [6.07, 6.45) is 7.97. The Morgan fingerprint density at radius 1 is 0.889 bits per heavy atom. The summed E-state index contributed by atoms with van der Waals surface area (Å²) in [6.45, 7) is 17.1. The van der Waals surface area contributed by atoms with Gasteiger partial charge in [0.25, 0.3) is 0 Å². The summed E-state index contributed by atoms with van der Waals surface area (Å²) in [6, 6.07) is 0.819. The second-order valence-corrected chi connectivity index (χ2v) is 10.1. The van der Waals surface area contributed by atoms with Crippen LogP contribution >= 0.6 is 0 Å². The Morgan fingerprint density at radius 3 is 2.15 bits per heavy atom. The lowest BCUT2D eigenvalue weighted by Crippen LogP contribution is -2.50. The Bertz CT molecular complexity index is 462. The summed E-state index contributed by atoms with van der Waals surface area (Å²) in [5.41, 5.74) is 0. The third-order valence-electron chi connectivity index (χ3n) is 7.43. The van der Waals surface area contributed by atoms with Crippen molar-refractivity contribution in [3.8, 4) is 0 Å². The molecule has 1 amide bonds. The molecule has 3 aliphatic rings. The fraction of sp³-hybridized carbons (Fsp3) is 0.957. The highest BCUT2D eigenvalue weighted by molar-refractivity contribution is 5.78. The molecule has 3 rings (SSSR count). The first kappa shape index (κ1) is 21.1. The third-order valence-corrected chi connectivity index (χ3v) is 7.43. The largest absolute Gasteiger partial charge is 0.342 e. The zero-order chi connectivity index (χ0) is 19.4. The number of nitrogens with zero attached hydrogens (tertiary/aromatic N) is 3. The Morgan fingerprint density at radius 2 is 1.56 bits per heavy atom. The van der Waals surface area contributed by atoms with E-state index in [1.165, 1.54) is 71.2 Å². The first-order valence-electron chi connectivity index (χ1n) is 11.7. The Hall–Kier alpha value is -0.610. The van der Waals surface area contributed by atoms with Crippen molar-refractivity contribution in [1.82, 2.24) is 14.7 Å². The molecule has 3 saturated heterocycles. The molecule has 156 valence electrons. The smallest absolute Gasteiger partial charge is 0.225 e. The molecule has 3 fully saturated rings. The van der Waals surface area contributed by atoms with Gasteiger partial charge in [-0.15, -0.1) is 0 Å². The van der Waals surface area contributed by atoms with Gasteiger partial charge in [-0.3, -0.25) is 4.79 Å². The van der Waals surface area contributed by atoms with Crippen LogP contribution in [0, 0.1) is 23.7 Å². The van der Waals surface area contributed by atoms with Crippen molar-refractivity contribution in [1.29, 1.82) is 0 Å². The van der Waals surface area contributed by atoms with Crippen LogP contribution in [0.3, 0.4) is 0 Å². The molecule has 27 heavy (non-hydrogen) atoms. The minimum Gasteiger partial charge on any atom is -0.342 e. The number of piperidine rings is 3. The van der Waals surface area contributed by atoms with Gasteiger partial charge in [-0.25, -0.2) is 0 Å². The van der Waals surface area contributed by atoms with Crippen LogP contribution < -0.4 is 0 Å². The van der Waals surface area contributed by atoms with Crippen LogP contribution in [0.15, 0.2) is 0 Å². The number of hydrogen-bond acceptors (Lipinski definition) is 3. The van der Waals surface area contributed by atoms with Crippen molar-refractivity contribution in [2.24, 2.45) is 23.7 Å². The van der Waals surface area contributed by atoms with Gasteiger partial charge >= 0.3 is 0 Å².